The first-order chi connectivity index (χ1) is 9.77. The van der Waals surface area contributed by atoms with Gasteiger partial charge in [0, 0.05) is 0 Å². The van der Waals surface area contributed by atoms with Crippen molar-refractivity contribution in [2.45, 2.75) is 52.2 Å². The molecule has 0 bridgehead atoms. The molecule has 1 aromatic rings. The van der Waals surface area contributed by atoms with Crippen molar-refractivity contribution in [1.82, 2.24) is 0 Å². The minimum atomic E-state index is -0.458. The van der Waals surface area contributed by atoms with Crippen LogP contribution < -0.4 is 5.46 Å². The molecule has 0 spiro atoms. The lowest BCUT2D eigenvalue weighted by atomic mass is 9.75. The monoisotopic (exact) mass is 290 g/mol. The van der Waals surface area contributed by atoms with E-state index in [9.17, 15) is 4.79 Å². The molecular formula is C16H23BO4. The van der Waals surface area contributed by atoms with Crippen LogP contribution in [-0.4, -0.2) is 30.9 Å². The first kappa shape index (κ1) is 16.1. The summed E-state index contributed by atoms with van der Waals surface area (Å²) in [6.45, 7) is 10.2. The molecule has 0 N–H and O–H groups in total. The van der Waals surface area contributed by atoms with Crippen molar-refractivity contribution in [3.8, 4) is 0 Å². The summed E-state index contributed by atoms with van der Waals surface area (Å²) in [5.74, 6) is -0.235. The van der Waals surface area contributed by atoms with E-state index in [-0.39, 0.29) is 12.4 Å². The van der Waals surface area contributed by atoms with E-state index in [4.69, 9.17) is 14.0 Å². The molecule has 21 heavy (non-hydrogen) atoms. The Bertz CT molecular complexity index is 509. The second-order valence-electron chi connectivity index (χ2n) is 6.27. The normalized spacial score (nSPS) is 19.6. The second kappa shape index (κ2) is 5.81. The molecule has 0 atom stereocenters. The van der Waals surface area contributed by atoms with Crippen molar-refractivity contribution in [2.75, 3.05) is 6.61 Å². The summed E-state index contributed by atoms with van der Waals surface area (Å²) < 4.78 is 17.1. The van der Waals surface area contributed by atoms with E-state index < -0.39 is 18.3 Å². The predicted octanol–water partition coefficient (Wildman–Crippen LogP) is 2.09. The van der Waals surface area contributed by atoms with Crippen LogP contribution in [0.15, 0.2) is 24.3 Å². The number of ether oxygens (including phenoxy) is 1. The highest BCUT2D eigenvalue weighted by atomic mass is 16.7. The molecule has 0 unspecified atom stereocenters. The highest BCUT2D eigenvalue weighted by Gasteiger charge is 2.52. The lowest BCUT2D eigenvalue weighted by molar-refractivity contribution is -0.142. The van der Waals surface area contributed by atoms with Crippen LogP contribution in [0.2, 0.25) is 0 Å². The van der Waals surface area contributed by atoms with E-state index in [0.717, 1.165) is 11.0 Å². The molecule has 1 aliphatic heterocycles. The quantitative estimate of drug-likeness (QED) is 0.629. The molecule has 0 amide bonds. The van der Waals surface area contributed by atoms with Gasteiger partial charge < -0.3 is 14.0 Å². The Morgan fingerprint density at radius 1 is 1.14 bits per heavy atom. The van der Waals surface area contributed by atoms with Crippen LogP contribution in [-0.2, 0) is 25.3 Å². The Labute approximate surface area is 126 Å². The molecule has 1 heterocycles. The van der Waals surface area contributed by atoms with E-state index >= 15 is 0 Å². The molecule has 0 saturated carbocycles. The molecule has 2 rings (SSSR count). The molecule has 1 saturated heterocycles. The fraction of sp³-hybridized carbons (Fsp3) is 0.562. The number of hydrogen-bond acceptors (Lipinski definition) is 4. The molecule has 0 aliphatic carbocycles. The standard InChI is InChI=1S/C16H23BO4/c1-6-19-14(18)11-12-9-7-8-10-13(12)17-20-15(2,3)16(4,5)21-17/h7-10H,6,11H2,1-5H3. The van der Waals surface area contributed by atoms with Gasteiger partial charge in [0.15, 0.2) is 0 Å². The third-order valence-electron chi connectivity index (χ3n) is 4.20. The van der Waals surface area contributed by atoms with Crippen molar-refractivity contribution >= 4 is 18.6 Å². The fourth-order valence-corrected chi connectivity index (χ4v) is 2.26. The number of rotatable bonds is 4. The Morgan fingerprint density at radius 2 is 1.71 bits per heavy atom. The van der Waals surface area contributed by atoms with Crippen molar-refractivity contribution in [3.63, 3.8) is 0 Å². The van der Waals surface area contributed by atoms with Gasteiger partial charge in [-0.15, -0.1) is 0 Å². The fourth-order valence-electron chi connectivity index (χ4n) is 2.26. The largest absolute Gasteiger partial charge is 0.495 e. The van der Waals surface area contributed by atoms with Crippen LogP contribution in [0.5, 0.6) is 0 Å². The number of carbonyl (C=O) groups is 1. The van der Waals surface area contributed by atoms with Gasteiger partial charge in [-0.25, -0.2) is 0 Å². The van der Waals surface area contributed by atoms with Gasteiger partial charge >= 0.3 is 13.1 Å². The minimum absolute atomic E-state index is 0.230. The summed E-state index contributed by atoms with van der Waals surface area (Å²) in [4.78, 5) is 11.7. The Hall–Kier alpha value is -1.33. The molecule has 1 fully saturated rings. The molecule has 114 valence electrons. The van der Waals surface area contributed by atoms with Gasteiger partial charge in [0.25, 0.3) is 0 Å². The molecule has 0 radical (unpaired) electrons. The molecule has 0 aromatic heterocycles. The summed E-state index contributed by atoms with van der Waals surface area (Å²) in [6, 6.07) is 7.69. The molecule has 1 aliphatic rings. The Balaban J connectivity index is 2.24. The second-order valence-corrected chi connectivity index (χ2v) is 6.27. The van der Waals surface area contributed by atoms with Crippen LogP contribution in [0.1, 0.15) is 40.2 Å². The average molecular weight is 290 g/mol. The molecular weight excluding hydrogens is 267 g/mol. The predicted molar refractivity (Wildman–Crippen MR) is 82.5 cm³/mol. The highest BCUT2D eigenvalue weighted by Crippen LogP contribution is 2.36. The zero-order chi connectivity index (χ0) is 15.7. The van der Waals surface area contributed by atoms with Crippen molar-refractivity contribution in [2.24, 2.45) is 0 Å². The Kier molecular flexibility index (Phi) is 4.44. The van der Waals surface area contributed by atoms with E-state index in [1.165, 1.54) is 0 Å². The molecule has 4 nitrogen and oxygen atoms in total. The van der Waals surface area contributed by atoms with Crippen LogP contribution in [0.25, 0.3) is 0 Å². The maximum Gasteiger partial charge on any atom is 0.495 e. The highest BCUT2D eigenvalue weighted by molar-refractivity contribution is 6.62. The van der Waals surface area contributed by atoms with Gasteiger partial charge in [-0.05, 0) is 45.6 Å². The average Bonchev–Trinajstić information content (AvgIpc) is 2.59. The number of carbonyl (C=O) groups excluding carboxylic acids is 1. The summed E-state index contributed by atoms with van der Waals surface area (Å²) >= 11 is 0. The van der Waals surface area contributed by atoms with Crippen LogP contribution in [0.4, 0.5) is 0 Å². The third kappa shape index (κ3) is 3.30. The van der Waals surface area contributed by atoms with Gasteiger partial charge in [0.2, 0.25) is 0 Å². The molecule has 5 heteroatoms. The Morgan fingerprint density at radius 3 is 2.29 bits per heavy atom. The lowest BCUT2D eigenvalue weighted by Gasteiger charge is -2.32. The first-order valence-electron chi connectivity index (χ1n) is 7.36. The van der Waals surface area contributed by atoms with Crippen LogP contribution >= 0.6 is 0 Å². The maximum atomic E-state index is 11.7. The SMILES string of the molecule is CCOC(=O)Cc1ccccc1B1OC(C)(C)C(C)(C)O1. The van der Waals surface area contributed by atoms with E-state index in [2.05, 4.69) is 0 Å². The zero-order valence-electron chi connectivity index (χ0n) is 13.4. The number of esters is 1. The van der Waals surface area contributed by atoms with E-state index in [0.29, 0.717) is 6.61 Å². The number of benzene rings is 1. The number of hydrogen-bond donors (Lipinski definition) is 0. The minimum Gasteiger partial charge on any atom is -0.466 e. The summed E-state index contributed by atoms with van der Waals surface area (Å²) in [5, 5.41) is 0. The van der Waals surface area contributed by atoms with Gasteiger partial charge in [-0.3, -0.25) is 4.79 Å². The summed E-state index contributed by atoms with van der Waals surface area (Å²) in [7, 11) is -0.458. The van der Waals surface area contributed by atoms with Crippen LogP contribution in [0, 0.1) is 0 Å². The van der Waals surface area contributed by atoms with E-state index in [1.807, 2.05) is 52.0 Å². The van der Waals surface area contributed by atoms with Gasteiger partial charge in [0.1, 0.15) is 0 Å². The van der Waals surface area contributed by atoms with Crippen molar-refractivity contribution < 1.29 is 18.8 Å². The first-order valence-corrected chi connectivity index (χ1v) is 7.36. The van der Waals surface area contributed by atoms with Crippen molar-refractivity contribution in [3.05, 3.63) is 29.8 Å². The van der Waals surface area contributed by atoms with E-state index in [1.54, 1.807) is 6.92 Å². The smallest absolute Gasteiger partial charge is 0.466 e. The van der Waals surface area contributed by atoms with Gasteiger partial charge in [-0.1, -0.05) is 24.3 Å². The van der Waals surface area contributed by atoms with Gasteiger partial charge in [-0.2, -0.15) is 0 Å². The molecule has 1 aromatic carbocycles. The zero-order valence-corrected chi connectivity index (χ0v) is 13.4. The third-order valence-corrected chi connectivity index (χ3v) is 4.20. The maximum absolute atomic E-state index is 11.7. The van der Waals surface area contributed by atoms with Crippen LogP contribution in [0.3, 0.4) is 0 Å². The summed E-state index contributed by atoms with van der Waals surface area (Å²) in [6.07, 6.45) is 0.230. The topological polar surface area (TPSA) is 44.8 Å². The summed E-state index contributed by atoms with van der Waals surface area (Å²) in [5.41, 5.74) is 0.988. The van der Waals surface area contributed by atoms with Crippen molar-refractivity contribution in [1.29, 1.82) is 0 Å². The lowest BCUT2D eigenvalue weighted by Crippen LogP contribution is -2.41. The van der Waals surface area contributed by atoms with Gasteiger partial charge in [0.05, 0.1) is 24.2 Å².